The molecular formula is C28H35N3O4S. The number of nitrogens with zero attached hydrogens (tertiary/aromatic N) is 1. The lowest BCUT2D eigenvalue weighted by Crippen LogP contribution is -2.40. The number of methoxy groups -OCH3 is 2. The topological polar surface area (TPSA) is 79.9 Å². The van der Waals surface area contributed by atoms with Crippen LogP contribution in [0.25, 0.3) is 6.08 Å². The Labute approximate surface area is 217 Å². The quantitative estimate of drug-likeness (QED) is 0.390. The highest BCUT2D eigenvalue weighted by Crippen LogP contribution is 2.40. The Kier molecular flexibility index (Phi) is 8.59. The van der Waals surface area contributed by atoms with E-state index < -0.39 is 0 Å². The predicted octanol–water partition coefficient (Wildman–Crippen LogP) is 4.89. The molecular weight excluding hydrogens is 474 g/mol. The van der Waals surface area contributed by atoms with Crippen LogP contribution in [0.3, 0.4) is 0 Å². The van der Waals surface area contributed by atoms with Crippen molar-refractivity contribution in [2.75, 3.05) is 45.7 Å². The molecule has 0 aliphatic carbocycles. The van der Waals surface area contributed by atoms with Crippen molar-refractivity contribution in [3.63, 3.8) is 0 Å². The van der Waals surface area contributed by atoms with Crippen LogP contribution in [0.15, 0.2) is 46.2 Å². The highest BCUT2D eigenvalue weighted by molar-refractivity contribution is 8.04. The van der Waals surface area contributed by atoms with Gasteiger partial charge >= 0.3 is 0 Å². The first-order valence-corrected chi connectivity index (χ1v) is 13.3. The normalized spacial score (nSPS) is 21.0. The van der Waals surface area contributed by atoms with E-state index in [1.165, 1.54) is 18.2 Å². The fourth-order valence-corrected chi connectivity index (χ4v) is 5.91. The van der Waals surface area contributed by atoms with Gasteiger partial charge in [-0.25, -0.2) is 0 Å². The number of piperidine rings is 1. The maximum Gasteiger partial charge on any atom is 0.262 e. The molecule has 1 saturated heterocycles. The zero-order valence-corrected chi connectivity index (χ0v) is 22.2. The molecule has 2 N–H and O–H groups in total. The standard InChI is InChI=1S/C28H35N3O4S/c1-18-12-19(2)17-31(16-18)11-5-10-29-27(32)21-7-9-25-22(15-21)30-28(33)26(36-25)14-20-6-8-23(34-3)24(13-20)35-4/h6-9,13-15,18-19H,5,10-12,16-17H2,1-4H3,(H,29,32)(H,30,33)/b26-14+. The molecule has 36 heavy (non-hydrogen) atoms. The molecule has 0 bridgehead atoms. The molecule has 0 spiro atoms. The third-order valence-electron chi connectivity index (χ3n) is 6.52. The highest BCUT2D eigenvalue weighted by Gasteiger charge is 2.23. The number of hydrogen-bond donors (Lipinski definition) is 2. The Morgan fingerprint density at radius 2 is 1.86 bits per heavy atom. The number of rotatable bonds is 8. The van der Waals surface area contributed by atoms with Crippen molar-refractivity contribution in [2.45, 2.75) is 31.6 Å². The Hall–Kier alpha value is -2.97. The number of amides is 2. The molecule has 2 aromatic rings. The van der Waals surface area contributed by atoms with Gasteiger partial charge in [-0.1, -0.05) is 31.7 Å². The Morgan fingerprint density at radius 3 is 2.58 bits per heavy atom. The monoisotopic (exact) mass is 509 g/mol. The maximum absolute atomic E-state index is 12.8. The van der Waals surface area contributed by atoms with Crippen LogP contribution in [0.4, 0.5) is 5.69 Å². The zero-order valence-electron chi connectivity index (χ0n) is 21.4. The number of carbonyl (C=O) groups is 2. The minimum atomic E-state index is -0.204. The van der Waals surface area contributed by atoms with Gasteiger partial charge in [-0.05, 0) is 73.2 Å². The number of anilines is 1. The number of ether oxygens (including phenoxy) is 2. The summed E-state index contributed by atoms with van der Waals surface area (Å²) in [7, 11) is 3.17. The molecule has 2 aromatic carbocycles. The fourth-order valence-electron chi connectivity index (χ4n) is 4.98. The molecule has 8 heteroatoms. The zero-order chi connectivity index (χ0) is 25.7. The molecule has 2 aliphatic heterocycles. The van der Waals surface area contributed by atoms with Crippen molar-refractivity contribution in [1.29, 1.82) is 0 Å². The van der Waals surface area contributed by atoms with Crippen molar-refractivity contribution in [3.8, 4) is 11.5 Å². The molecule has 0 saturated carbocycles. The summed E-state index contributed by atoms with van der Waals surface area (Å²) in [5.41, 5.74) is 2.03. The second kappa shape index (κ2) is 11.8. The van der Waals surface area contributed by atoms with E-state index >= 15 is 0 Å². The van der Waals surface area contributed by atoms with E-state index in [9.17, 15) is 9.59 Å². The van der Waals surface area contributed by atoms with Crippen LogP contribution >= 0.6 is 11.8 Å². The van der Waals surface area contributed by atoms with Crippen LogP contribution in [0.2, 0.25) is 0 Å². The third kappa shape index (κ3) is 6.42. The first-order valence-electron chi connectivity index (χ1n) is 12.4. The van der Waals surface area contributed by atoms with Gasteiger partial charge in [0.2, 0.25) is 0 Å². The molecule has 2 amide bonds. The second-order valence-electron chi connectivity index (χ2n) is 9.71. The van der Waals surface area contributed by atoms with Crippen LogP contribution < -0.4 is 20.1 Å². The minimum Gasteiger partial charge on any atom is -0.493 e. The summed E-state index contributed by atoms with van der Waals surface area (Å²) in [5.74, 6) is 2.38. The second-order valence-corrected chi connectivity index (χ2v) is 10.8. The predicted molar refractivity (Wildman–Crippen MR) is 145 cm³/mol. The number of fused-ring (bicyclic) bond motifs is 1. The van der Waals surface area contributed by atoms with Gasteiger partial charge in [-0.3, -0.25) is 9.59 Å². The molecule has 0 radical (unpaired) electrons. The summed E-state index contributed by atoms with van der Waals surface area (Å²) in [6.45, 7) is 8.54. The Morgan fingerprint density at radius 1 is 1.11 bits per heavy atom. The molecule has 2 unspecified atom stereocenters. The lowest BCUT2D eigenvalue weighted by molar-refractivity contribution is -0.112. The SMILES string of the molecule is COc1ccc(/C=C2/Sc3ccc(C(=O)NCCCN4CC(C)CC(C)C4)cc3NC2=O)cc1OC. The molecule has 1 fully saturated rings. The largest absolute Gasteiger partial charge is 0.493 e. The van der Waals surface area contributed by atoms with E-state index in [1.54, 1.807) is 26.4 Å². The van der Waals surface area contributed by atoms with E-state index in [-0.39, 0.29) is 11.8 Å². The van der Waals surface area contributed by atoms with Gasteiger partial charge < -0.3 is 25.0 Å². The first kappa shape index (κ1) is 26.1. The number of likely N-dealkylation sites (tertiary alicyclic amines) is 1. The minimum absolute atomic E-state index is 0.121. The fraction of sp³-hybridized carbons (Fsp3) is 0.429. The van der Waals surface area contributed by atoms with Gasteiger partial charge in [0.1, 0.15) is 0 Å². The number of carbonyl (C=O) groups excluding carboxylic acids is 2. The molecule has 2 atom stereocenters. The molecule has 192 valence electrons. The molecule has 4 rings (SSSR count). The Balaban J connectivity index is 1.34. The molecule has 2 aliphatic rings. The van der Waals surface area contributed by atoms with E-state index in [0.29, 0.717) is 34.2 Å². The van der Waals surface area contributed by atoms with Crippen molar-refractivity contribution in [3.05, 3.63) is 52.4 Å². The van der Waals surface area contributed by atoms with E-state index in [4.69, 9.17) is 9.47 Å². The van der Waals surface area contributed by atoms with Crippen molar-refractivity contribution < 1.29 is 19.1 Å². The Bertz CT molecular complexity index is 1140. The van der Waals surface area contributed by atoms with Crippen molar-refractivity contribution in [1.82, 2.24) is 10.2 Å². The lowest BCUT2D eigenvalue weighted by Gasteiger charge is -2.34. The van der Waals surface area contributed by atoms with Crippen molar-refractivity contribution in [2.24, 2.45) is 11.8 Å². The van der Waals surface area contributed by atoms with Gasteiger partial charge in [0.25, 0.3) is 11.8 Å². The number of thioether (sulfide) groups is 1. The molecule has 7 nitrogen and oxygen atoms in total. The van der Waals surface area contributed by atoms with E-state index in [2.05, 4.69) is 29.4 Å². The van der Waals surface area contributed by atoms with Crippen LogP contribution in [0.5, 0.6) is 11.5 Å². The van der Waals surface area contributed by atoms with E-state index in [0.717, 1.165) is 48.3 Å². The summed E-state index contributed by atoms with van der Waals surface area (Å²) in [6.07, 6.45) is 4.04. The van der Waals surface area contributed by atoms with Gasteiger partial charge in [0.05, 0.1) is 24.8 Å². The summed E-state index contributed by atoms with van der Waals surface area (Å²) < 4.78 is 10.6. The summed E-state index contributed by atoms with van der Waals surface area (Å²) in [4.78, 5) is 29.4. The maximum atomic E-state index is 12.8. The summed E-state index contributed by atoms with van der Waals surface area (Å²) >= 11 is 1.38. The number of nitrogens with one attached hydrogen (secondary N) is 2. The lowest BCUT2D eigenvalue weighted by atomic mass is 9.92. The molecule has 2 heterocycles. The van der Waals surface area contributed by atoms with Gasteiger partial charge in [-0.15, -0.1) is 0 Å². The average molecular weight is 510 g/mol. The highest BCUT2D eigenvalue weighted by atomic mass is 32.2. The summed E-state index contributed by atoms with van der Waals surface area (Å²) in [6, 6.07) is 10.9. The first-order chi connectivity index (χ1) is 17.4. The number of hydrogen-bond acceptors (Lipinski definition) is 6. The smallest absolute Gasteiger partial charge is 0.262 e. The van der Waals surface area contributed by atoms with Crippen LogP contribution in [0.1, 0.15) is 42.6 Å². The summed E-state index contributed by atoms with van der Waals surface area (Å²) in [5, 5.41) is 5.95. The van der Waals surface area contributed by atoms with Crippen LogP contribution in [0, 0.1) is 11.8 Å². The van der Waals surface area contributed by atoms with E-state index in [1.807, 2.05) is 30.3 Å². The van der Waals surface area contributed by atoms with Crippen molar-refractivity contribution >= 4 is 35.3 Å². The van der Waals surface area contributed by atoms with Crippen LogP contribution in [-0.4, -0.2) is 57.1 Å². The van der Waals surface area contributed by atoms with Crippen LogP contribution in [-0.2, 0) is 4.79 Å². The van der Waals surface area contributed by atoms with Gasteiger partial charge in [0, 0.05) is 30.1 Å². The number of benzene rings is 2. The third-order valence-corrected chi connectivity index (χ3v) is 7.62. The molecule has 0 aromatic heterocycles. The van der Waals surface area contributed by atoms with Gasteiger partial charge in [-0.2, -0.15) is 0 Å². The van der Waals surface area contributed by atoms with Gasteiger partial charge in [0.15, 0.2) is 11.5 Å². The average Bonchev–Trinajstić information content (AvgIpc) is 2.86.